The maximum atomic E-state index is 4.69. The molecule has 1 saturated heterocycles. The molecule has 1 N–H and O–H groups in total. The number of rotatable bonds is 3. The number of piperidine rings is 1. The van der Waals surface area contributed by atoms with Gasteiger partial charge in [-0.05, 0) is 69.9 Å². The molecule has 2 aromatic rings. The second kappa shape index (κ2) is 11.2. The van der Waals surface area contributed by atoms with E-state index in [1.54, 1.807) is 7.11 Å². The summed E-state index contributed by atoms with van der Waals surface area (Å²) in [5, 5.41) is 0. The molecule has 0 spiro atoms. The van der Waals surface area contributed by atoms with Crippen LogP contribution in [-0.2, 0) is 4.74 Å². The third-order valence-corrected chi connectivity index (χ3v) is 4.22. The molecule has 0 unspecified atom stereocenters. The molecular weight excluding hydrogens is 298 g/mol. The van der Waals surface area contributed by atoms with Crippen molar-refractivity contribution in [3.05, 3.63) is 29.6 Å². The van der Waals surface area contributed by atoms with Crippen LogP contribution in [0.2, 0.25) is 0 Å². The van der Waals surface area contributed by atoms with Crippen LogP contribution in [0.4, 0.5) is 0 Å². The summed E-state index contributed by atoms with van der Waals surface area (Å²) in [4.78, 5) is 10.2. The number of nitrogens with one attached hydrogen (secondary N) is 1. The lowest BCUT2D eigenvalue weighted by molar-refractivity contribution is 0.199. The molecule has 2 heterocycles. The van der Waals surface area contributed by atoms with Gasteiger partial charge >= 0.3 is 0 Å². The molecular formula is C20H35N3O. The Hall–Kier alpha value is -1.39. The van der Waals surface area contributed by atoms with Crippen molar-refractivity contribution in [2.45, 2.75) is 52.9 Å². The minimum absolute atomic E-state index is 0.721. The number of imidazole rings is 1. The molecule has 0 radical (unpaired) electrons. The topological polar surface area (TPSA) is 41.1 Å². The van der Waals surface area contributed by atoms with Crippen LogP contribution in [0.15, 0.2) is 18.2 Å². The van der Waals surface area contributed by atoms with Crippen LogP contribution < -0.4 is 0 Å². The average molecular weight is 334 g/mol. The Balaban J connectivity index is 0.000000356. The minimum atomic E-state index is 0.721. The first-order valence-electron chi connectivity index (χ1n) is 9.27. The monoisotopic (exact) mass is 333 g/mol. The number of aryl methyl sites for hydroxylation is 1. The number of nitrogens with zero attached hydrogens (tertiary/aromatic N) is 2. The van der Waals surface area contributed by atoms with Gasteiger partial charge in [-0.25, -0.2) is 4.98 Å². The summed E-state index contributed by atoms with van der Waals surface area (Å²) in [5.74, 6) is 1.72. The predicted molar refractivity (Wildman–Crippen MR) is 104 cm³/mol. The lowest BCUT2D eigenvalue weighted by Crippen LogP contribution is -2.29. The number of likely N-dealkylation sites (tertiary alicyclic amines) is 1. The van der Waals surface area contributed by atoms with E-state index in [1.807, 2.05) is 20.8 Å². The van der Waals surface area contributed by atoms with E-state index >= 15 is 0 Å². The van der Waals surface area contributed by atoms with Gasteiger partial charge in [0.05, 0.1) is 11.0 Å². The van der Waals surface area contributed by atoms with Gasteiger partial charge in [-0.2, -0.15) is 0 Å². The van der Waals surface area contributed by atoms with E-state index in [9.17, 15) is 0 Å². The fourth-order valence-corrected chi connectivity index (χ4v) is 2.95. The lowest BCUT2D eigenvalue weighted by Gasteiger charge is -2.29. The number of aromatic amines is 1. The van der Waals surface area contributed by atoms with Crippen molar-refractivity contribution in [1.82, 2.24) is 14.9 Å². The summed E-state index contributed by atoms with van der Waals surface area (Å²) >= 11 is 0. The second-order valence-corrected chi connectivity index (χ2v) is 6.17. The van der Waals surface area contributed by atoms with Gasteiger partial charge in [0.2, 0.25) is 0 Å². The molecule has 1 aromatic carbocycles. The number of ether oxygens (including phenoxy) is 1. The van der Waals surface area contributed by atoms with Crippen molar-refractivity contribution in [3.63, 3.8) is 0 Å². The number of fused-ring (bicyclic) bond motifs is 1. The standard InChI is InChI=1S/C14H19N3.C4H10O.C2H6/c1-10-15-13-4-3-12(9-14(13)16-10)11-5-7-17(2)8-6-11;1-3-4-5-2;1-2/h3-4,9,11H,5-8H2,1-2H3,(H,15,16);3-4H2,1-2H3;1-2H3. The number of hydrogen-bond acceptors (Lipinski definition) is 3. The molecule has 1 aliphatic rings. The van der Waals surface area contributed by atoms with Crippen molar-refractivity contribution in [3.8, 4) is 0 Å². The van der Waals surface area contributed by atoms with Gasteiger partial charge in [-0.3, -0.25) is 0 Å². The Morgan fingerprint density at radius 1 is 1.25 bits per heavy atom. The van der Waals surface area contributed by atoms with Crippen LogP contribution in [0.1, 0.15) is 57.3 Å². The predicted octanol–water partition coefficient (Wildman–Crippen LogP) is 4.75. The maximum Gasteiger partial charge on any atom is 0.104 e. The number of H-pyrrole nitrogens is 1. The third kappa shape index (κ3) is 6.25. The molecule has 1 fully saturated rings. The highest BCUT2D eigenvalue weighted by molar-refractivity contribution is 5.76. The Labute approximate surface area is 147 Å². The zero-order valence-corrected chi connectivity index (χ0v) is 16.4. The summed E-state index contributed by atoms with van der Waals surface area (Å²) < 4.78 is 4.69. The molecule has 24 heavy (non-hydrogen) atoms. The Morgan fingerprint density at radius 3 is 2.46 bits per heavy atom. The fraction of sp³-hybridized carbons (Fsp3) is 0.650. The van der Waals surface area contributed by atoms with Crippen molar-refractivity contribution >= 4 is 11.0 Å². The Kier molecular flexibility index (Phi) is 9.65. The van der Waals surface area contributed by atoms with Crippen LogP contribution in [0.5, 0.6) is 0 Å². The second-order valence-electron chi connectivity index (χ2n) is 6.17. The smallest absolute Gasteiger partial charge is 0.104 e. The fourth-order valence-electron chi connectivity index (χ4n) is 2.95. The van der Waals surface area contributed by atoms with E-state index in [-0.39, 0.29) is 0 Å². The Morgan fingerprint density at radius 2 is 1.92 bits per heavy atom. The Bertz CT molecular complexity index is 569. The van der Waals surface area contributed by atoms with Gasteiger partial charge < -0.3 is 14.6 Å². The molecule has 136 valence electrons. The maximum absolute atomic E-state index is 4.69. The minimum Gasteiger partial charge on any atom is -0.385 e. The highest BCUT2D eigenvalue weighted by Crippen LogP contribution is 2.29. The van der Waals surface area contributed by atoms with Gasteiger partial charge in [0.1, 0.15) is 5.82 Å². The van der Waals surface area contributed by atoms with Gasteiger partial charge in [0.15, 0.2) is 0 Å². The van der Waals surface area contributed by atoms with E-state index in [0.29, 0.717) is 0 Å². The molecule has 0 amide bonds. The van der Waals surface area contributed by atoms with E-state index in [1.165, 1.54) is 37.0 Å². The summed E-state index contributed by atoms with van der Waals surface area (Å²) in [6, 6.07) is 6.68. The first-order chi connectivity index (χ1) is 11.6. The van der Waals surface area contributed by atoms with Crippen molar-refractivity contribution in [1.29, 1.82) is 0 Å². The molecule has 1 aromatic heterocycles. The molecule has 1 aliphatic heterocycles. The summed E-state index contributed by atoms with van der Waals surface area (Å²) in [7, 11) is 3.92. The normalized spacial score (nSPS) is 15.4. The van der Waals surface area contributed by atoms with E-state index < -0.39 is 0 Å². The number of aromatic nitrogens is 2. The highest BCUT2D eigenvalue weighted by Gasteiger charge is 2.18. The highest BCUT2D eigenvalue weighted by atomic mass is 16.5. The largest absolute Gasteiger partial charge is 0.385 e. The summed E-state index contributed by atoms with van der Waals surface area (Å²) in [5.41, 5.74) is 3.73. The molecule has 4 nitrogen and oxygen atoms in total. The zero-order chi connectivity index (χ0) is 17.9. The van der Waals surface area contributed by atoms with Crippen LogP contribution in [-0.4, -0.2) is 48.7 Å². The summed E-state index contributed by atoms with van der Waals surface area (Å²) in [6.45, 7) is 11.4. The van der Waals surface area contributed by atoms with Gasteiger partial charge in [-0.15, -0.1) is 0 Å². The lowest BCUT2D eigenvalue weighted by atomic mass is 9.89. The first-order valence-corrected chi connectivity index (χ1v) is 9.27. The zero-order valence-electron chi connectivity index (χ0n) is 16.4. The van der Waals surface area contributed by atoms with Crippen LogP contribution in [0.25, 0.3) is 11.0 Å². The molecule has 0 atom stereocenters. The first kappa shape index (κ1) is 20.7. The number of benzene rings is 1. The van der Waals surface area contributed by atoms with Crippen LogP contribution >= 0.6 is 0 Å². The number of hydrogen-bond donors (Lipinski definition) is 1. The van der Waals surface area contributed by atoms with E-state index in [2.05, 4.69) is 47.0 Å². The van der Waals surface area contributed by atoms with E-state index in [0.717, 1.165) is 30.3 Å². The van der Waals surface area contributed by atoms with E-state index in [4.69, 9.17) is 4.74 Å². The molecule has 3 rings (SSSR count). The average Bonchev–Trinajstić information content (AvgIpc) is 2.98. The molecule has 0 bridgehead atoms. The quantitative estimate of drug-likeness (QED) is 0.881. The third-order valence-electron chi connectivity index (χ3n) is 4.22. The molecule has 0 saturated carbocycles. The van der Waals surface area contributed by atoms with Gasteiger partial charge in [-0.1, -0.05) is 26.8 Å². The van der Waals surface area contributed by atoms with Crippen molar-refractivity contribution in [2.24, 2.45) is 0 Å². The van der Waals surface area contributed by atoms with Crippen LogP contribution in [0, 0.1) is 6.92 Å². The van der Waals surface area contributed by atoms with Crippen molar-refractivity contribution in [2.75, 3.05) is 33.9 Å². The summed E-state index contributed by atoms with van der Waals surface area (Å²) in [6.07, 6.45) is 3.67. The van der Waals surface area contributed by atoms with Gasteiger partial charge in [0, 0.05) is 13.7 Å². The van der Waals surface area contributed by atoms with Crippen molar-refractivity contribution < 1.29 is 4.74 Å². The number of methoxy groups -OCH3 is 1. The van der Waals surface area contributed by atoms with Gasteiger partial charge in [0.25, 0.3) is 0 Å². The van der Waals surface area contributed by atoms with Crippen LogP contribution in [0.3, 0.4) is 0 Å². The molecule has 0 aliphatic carbocycles. The SMILES string of the molecule is CC.CCCOC.Cc1nc2ccc(C3CCN(C)CC3)cc2[nH]1. The molecule has 4 heteroatoms.